The van der Waals surface area contributed by atoms with Crippen molar-refractivity contribution in [3.63, 3.8) is 0 Å². The normalized spacial score (nSPS) is 18.1. The summed E-state index contributed by atoms with van der Waals surface area (Å²) in [5, 5.41) is 7.59. The number of sulfone groups is 1. The predicted octanol–water partition coefficient (Wildman–Crippen LogP) is 3.21. The average molecular weight is 417 g/mol. The van der Waals surface area contributed by atoms with Crippen molar-refractivity contribution in [2.45, 2.75) is 12.5 Å². The van der Waals surface area contributed by atoms with Gasteiger partial charge in [-0.15, -0.1) is 0 Å². The summed E-state index contributed by atoms with van der Waals surface area (Å²) in [6.45, 7) is 0. The zero-order valence-corrected chi connectivity index (χ0v) is 16.3. The Balaban J connectivity index is 1.70. The number of nitrogens with zero attached hydrogens (tertiary/aromatic N) is 3. The topological polar surface area (TPSA) is 94.0 Å². The number of benzene rings is 1. The van der Waals surface area contributed by atoms with E-state index in [-0.39, 0.29) is 28.4 Å². The zero-order chi connectivity index (χ0) is 19.7. The maximum Gasteiger partial charge on any atom is 0.275 e. The second-order valence-electron chi connectivity index (χ2n) is 6.58. The fraction of sp³-hybridized carbons (Fsp3) is 0.211. The largest absolute Gasteiger partial charge is 0.305 e. The Morgan fingerprint density at radius 1 is 1.14 bits per heavy atom. The van der Waals surface area contributed by atoms with E-state index in [1.807, 2.05) is 30.3 Å². The van der Waals surface area contributed by atoms with Crippen LogP contribution in [-0.4, -0.2) is 40.6 Å². The van der Waals surface area contributed by atoms with Gasteiger partial charge in [0.05, 0.1) is 23.2 Å². The number of hydrogen-bond donors (Lipinski definition) is 1. The van der Waals surface area contributed by atoms with E-state index < -0.39 is 15.7 Å². The predicted molar refractivity (Wildman–Crippen MR) is 107 cm³/mol. The van der Waals surface area contributed by atoms with Crippen LogP contribution in [0.25, 0.3) is 11.3 Å². The lowest BCUT2D eigenvalue weighted by Crippen LogP contribution is -2.20. The molecule has 144 valence electrons. The lowest BCUT2D eigenvalue weighted by atomic mass is 10.1. The summed E-state index contributed by atoms with van der Waals surface area (Å²) < 4.78 is 25.5. The van der Waals surface area contributed by atoms with Crippen LogP contribution >= 0.6 is 11.6 Å². The molecule has 1 amide bonds. The summed E-state index contributed by atoms with van der Waals surface area (Å²) in [5.74, 6) is 0.0969. The van der Waals surface area contributed by atoms with Gasteiger partial charge in [0.2, 0.25) is 0 Å². The lowest BCUT2D eigenvalue weighted by Gasteiger charge is -2.13. The number of carbonyl (C=O) groups excluding carboxylic acids is 1. The molecule has 0 spiro atoms. The van der Waals surface area contributed by atoms with Gasteiger partial charge in [-0.25, -0.2) is 18.1 Å². The molecule has 2 aromatic heterocycles. The highest BCUT2D eigenvalue weighted by molar-refractivity contribution is 7.91. The van der Waals surface area contributed by atoms with Crippen molar-refractivity contribution in [3.05, 3.63) is 65.4 Å². The minimum Gasteiger partial charge on any atom is -0.305 e. The van der Waals surface area contributed by atoms with Crippen LogP contribution in [-0.2, 0) is 9.84 Å². The molecule has 0 unspecified atom stereocenters. The number of aromatic nitrogens is 3. The fourth-order valence-electron chi connectivity index (χ4n) is 3.20. The first-order valence-corrected chi connectivity index (χ1v) is 10.9. The van der Waals surface area contributed by atoms with Crippen molar-refractivity contribution in [3.8, 4) is 11.3 Å². The van der Waals surface area contributed by atoms with Crippen LogP contribution < -0.4 is 5.32 Å². The first-order valence-electron chi connectivity index (χ1n) is 8.70. The van der Waals surface area contributed by atoms with E-state index in [0.29, 0.717) is 17.9 Å². The van der Waals surface area contributed by atoms with Crippen molar-refractivity contribution in [2.75, 3.05) is 16.8 Å². The monoisotopic (exact) mass is 416 g/mol. The SMILES string of the molecule is O=C(Nc1cc(-c2ccccc2)nn1[C@H]1CCS(=O)(=O)C1)c1cccc(Cl)n1. The maximum absolute atomic E-state index is 12.6. The first-order chi connectivity index (χ1) is 13.4. The molecule has 4 rings (SSSR count). The van der Waals surface area contributed by atoms with Gasteiger partial charge in [0.1, 0.15) is 16.7 Å². The highest BCUT2D eigenvalue weighted by Crippen LogP contribution is 2.30. The van der Waals surface area contributed by atoms with Gasteiger partial charge in [-0.3, -0.25) is 4.79 Å². The van der Waals surface area contributed by atoms with Crippen LogP contribution in [0.15, 0.2) is 54.6 Å². The highest BCUT2D eigenvalue weighted by Gasteiger charge is 2.32. The van der Waals surface area contributed by atoms with Gasteiger partial charge < -0.3 is 5.32 Å². The number of halogens is 1. The van der Waals surface area contributed by atoms with Gasteiger partial charge in [-0.1, -0.05) is 48.0 Å². The van der Waals surface area contributed by atoms with Crippen LogP contribution in [0.2, 0.25) is 5.15 Å². The molecule has 1 saturated heterocycles. The van der Waals surface area contributed by atoms with E-state index in [0.717, 1.165) is 5.56 Å². The minimum absolute atomic E-state index is 0.00119. The Hall–Kier alpha value is -2.71. The number of anilines is 1. The second-order valence-corrected chi connectivity index (χ2v) is 9.20. The molecular weight excluding hydrogens is 400 g/mol. The summed E-state index contributed by atoms with van der Waals surface area (Å²) >= 11 is 5.87. The molecule has 7 nitrogen and oxygen atoms in total. The van der Waals surface area contributed by atoms with Crippen LogP contribution in [0.3, 0.4) is 0 Å². The molecule has 1 aliphatic heterocycles. The lowest BCUT2D eigenvalue weighted by molar-refractivity contribution is 0.102. The Bertz CT molecular complexity index is 1130. The van der Waals surface area contributed by atoms with Crippen molar-refractivity contribution < 1.29 is 13.2 Å². The molecule has 1 aliphatic rings. The fourth-order valence-corrected chi connectivity index (χ4v) is 5.06. The van der Waals surface area contributed by atoms with Gasteiger partial charge in [-0.2, -0.15) is 5.10 Å². The van der Waals surface area contributed by atoms with Crippen molar-refractivity contribution in [1.82, 2.24) is 14.8 Å². The number of hydrogen-bond acceptors (Lipinski definition) is 5. The smallest absolute Gasteiger partial charge is 0.275 e. The molecule has 9 heteroatoms. The molecular formula is C19H17ClN4O3S. The molecule has 1 atom stereocenters. The van der Waals surface area contributed by atoms with Gasteiger partial charge in [0.15, 0.2) is 9.84 Å². The Morgan fingerprint density at radius 3 is 2.61 bits per heavy atom. The van der Waals surface area contributed by atoms with Gasteiger partial charge >= 0.3 is 0 Å². The van der Waals surface area contributed by atoms with E-state index in [1.54, 1.807) is 28.9 Å². The summed E-state index contributed by atoms with van der Waals surface area (Å²) in [6.07, 6.45) is 0.455. The third-order valence-corrected chi connectivity index (χ3v) is 6.51. The van der Waals surface area contributed by atoms with E-state index in [1.165, 1.54) is 0 Å². The van der Waals surface area contributed by atoms with E-state index >= 15 is 0 Å². The summed E-state index contributed by atoms with van der Waals surface area (Å²) in [7, 11) is -3.11. The third kappa shape index (κ3) is 3.93. The Labute approximate surface area is 167 Å². The molecule has 3 aromatic rings. The van der Waals surface area contributed by atoms with Crippen LogP contribution in [0.4, 0.5) is 5.82 Å². The number of amides is 1. The van der Waals surface area contributed by atoms with Crippen LogP contribution in [0.5, 0.6) is 0 Å². The third-order valence-electron chi connectivity index (χ3n) is 4.55. The highest BCUT2D eigenvalue weighted by atomic mass is 35.5. The number of pyridine rings is 1. The van der Waals surface area contributed by atoms with Crippen molar-refractivity contribution in [1.29, 1.82) is 0 Å². The van der Waals surface area contributed by atoms with E-state index in [4.69, 9.17) is 11.6 Å². The summed E-state index contributed by atoms with van der Waals surface area (Å²) in [5.41, 5.74) is 1.69. The second kappa shape index (κ2) is 7.37. The van der Waals surface area contributed by atoms with Gasteiger partial charge in [0, 0.05) is 11.6 Å². The quantitative estimate of drug-likeness (QED) is 0.659. The molecule has 28 heavy (non-hydrogen) atoms. The molecule has 1 N–H and O–H groups in total. The molecule has 0 radical (unpaired) electrons. The molecule has 1 fully saturated rings. The molecule has 1 aromatic carbocycles. The van der Waals surface area contributed by atoms with E-state index in [2.05, 4.69) is 15.4 Å². The summed E-state index contributed by atoms with van der Waals surface area (Å²) in [4.78, 5) is 16.6. The van der Waals surface area contributed by atoms with Crippen LogP contribution in [0.1, 0.15) is 23.0 Å². The van der Waals surface area contributed by atoms with Crippen molar-refractivity contribution in [2.24, 2.45) is 0 Å². The maximum atomic E-state index is 12.6. The number of nitrogens with one attached hydrogen (secondary N) is 1. The van der Waals surface area contributed by atoms with Gasteiger partial charge in [-0.05, 0) is 18.6 Å². The Morgan fingerprint density at radius 2 is 1.93 bits per heavy atom. The molecule has 0 saturated carbocycles. The van der Waals surface area contributed by atoms with Crippen molar-refractivity contribution >= 4 is 33.2 Å². The first kappa shape index (κ1) is 18.6. The van der Waals surface area contributed by atoms with Gasteiger partial charge in [0.25, 0.3) is 5.91 Å². The zero-order valence-electron chi connectivity index (χ0n) is 14.7. The molecule has 3 heterocycles. The van der Waals surface area contributed by atoms with Crippen LogP contribution in [0, 0.1) is 0 Å². The number of rotatable bonds is 4. The summed E-state index contributed by atoms with van der Waals surface area (Å²) in [6, 6.07) is 15.7. The number of carbonyl (C=O) groups is 1. The van der Waals surface area contributed by atoms with E-state index in [9.17, 15) is 13.2 Å². The Kier molecular flexibility index (Phi) is 4.91. The average Bonchev–Trinajstić information content (AvgIpc) is 3.25. The minimum atomic E-state index is -3.11. The molecule has 0 bridgehead atoms. The standard InChI is InChI=1S/C19H17ClN4O3S/c20-17-8-4-7-15(21-17)19(25)22-18-11-16(13-5-2-1-3-6-13)23-24(18)14-9-10-28(26,27)12-14/h1-8,11,14H,9-10,12H2,(H,22,25)/t14-/m0/s1. The molecule has 0 aliphatic carbocycles.